The molecule has 0 aromatic heterocycles. The first-order chi connectivity index (χ1) is 14.4. The van der Waals surface area contributed by atoms with E-state index in [1.165, 1.54) is 63.4 Å². The van der Waals surface area contributed by atoms with E-state index in [1.807, 2.05) is 12.1 Å². The van der Waals surface area contributed by atoms with Crippen molar-refractivity contribution in [2.24, 2.45) is 11.8 Å². The van der Waals surface area contributed by atoms with Crippen molar-refractivity contribution >= 4 is 17.6 Å². The van der Waals surface area contributed by atoms with Crippen LogP contribution in [-0.2, 0) is 16.0 Å². The minimum Gasteiger partial charge on any atom is -0.462 e. The first-order valence-electron chi connectivity index (χ1n) is 11.7. The fourth-order valence-corrected chi connectivity index (χ4v) is 4.71. The number of hydrogen-bond acceptors (Lipinski definition) is 3. The highest BCUT2D eigenvalue weighted by molar-refractivity contribution is 6.31. The summed E-state index contributed by atoms with van der Waals surface area (Å²) in [5.41, 5.74) is 2.42. The maximum Gasteiger partial charge on any atom is 0.333 e. The van der Waals surface area contributed by atoms with Crippen molar-refractivity contribution in [3.8, 4) is 0 Å². The van der Waals surface area contributed by atoms with Crippen LogP contribution in [0.1, 0.15) is 88.7 Å². The van der Waals surface area contributed by atoms with E-state index in [-0.39, 0.29) is 19.1 Å². The van der Waals surface area contributed by atoms with Gasteiger partial charge in [-0.25, -0.2) is 4.79 Å². The Bertz CT molecular complexity index is 677. The number of esters is 1. The van der Waals surface area contributed by atoms with Gasteiger partial charge in [-0.2, -0.15) is 0 Å². The van der Waals surface area contributed by atoms with E-state index in [4.69, 9.17) is 16.3 Å². The van der Waals surface area contributed by atoms with Crippen molar-refractivity contribution in [1.29, 1.82) is 0 Å². The fraction of sp³-hybridized carbons (Fsp3) is 0.654. The Hall–Kier alpha value is -1.32. The van der Waals surface area contributed by atoms with Gasteiger partial charge in [0, 0.05) is 16.5 Å². The summed E-state index contributed by atoms with van der Waals surface area (Å²) in [4.78, 5) is 11.6. The second-order valence-corrected chi connectivity index (χ2v) is 9.44. The molecule has 1 atom stereocenters. The summed E-state index contributed by atoms with van der Waals surface area (Å²) in [6.45, 7) is 7.49. The van der Waals surface area contributed by atoms with Crippen LogP contribution < -0.4 is 0 Å². The molecule has 0 radical (unpaired) electrons. The topological polar surface area (TPSA) is 46.5 Å². The Kier molecular flexibility index (Phi) is 11.0. The second kappa shape index (κ2) is 13.2. The predicted octanol–water partition coefficient (Wildman–Crippen LogP) is 6.85. The molecule has 0 bridgehead atoms. The molecule has 4 heteroatoms. The van der Waals surface area contributed by atoms with E-state index in [0.29, 0.717) is 5.57 Å². The van der Waals surface area contributed by atoms with Crippen molar-refractivity contribution in [1.82, 2.24) is 0 Å². The van der Waals surface area contributed by atoms with Gasteiger partial charge in [0.15, 0.2) is 0 Å². The number of benzene rings is 1. The summed E-state index contributed by atoms with van der Waals surface area (Å²) in [6.07, 6.45) is 13.2. The fourth-order valence-electron chi connectivity index (χ4n) is 4.43. The van der Waals surface area contributed by atoms with Gasteiger partial charge in [-0.1, -0.05) is 88.6 Å². The summed E-state index contributed by atoms with van der Waals surface area (Å²) in [6, 6.07) is 5.98. The molecule has 1 aliphatic carbocycles. The van der Waals surface area contributed by atoms with E-state index < -0.39 is 5.97 Å². The monoisotopic (exact) mass is 434 g/mol. The van der Waals surface area contributed by atoms with Gasteiger partial charge < -0.3 is 9.84 Å². The third kappa shape index (κ3) is 8.07. The van der Waals surface area contributed by atoms with Crippen LogP contribution in [0.5, 0.6) is 0 Å². The Morgan fingerprint density at radius 3 is 2.43 bits per heavy atom. The minimum absolute atomic E-state index is 0.0966. The van der Waals surface area contributed by atoms with E-state index in [1.54, 1.807) is 6.92 Å². The van der Waals surface area contributed by atoms with E-state index in [2.05, 4.69) is 19.6 Å². The van der Waals surface area contributed by atoms with Gasteiger partial charge in [0.2, 0.25) is 0 Å². The number of rotatable bonds is 12. The standard InChI is InChI=1S/C26H39ClO3/c1-4-5-6-7-20-8-10-21(11-9-20)12-13-22-14-15-23(16-25(22)27)24(17-28)18-30-26(29)19(2)3/h14-16,20-21,24,28H,2,4-13,17-18H2,1,3H3. The number of halogens is 1. The van der Waals surface area contributed by atoms with Crippen molar-refractivity contribution in [3.63, 3.8) is 0 Å². The number of ether oxygens (including phenoxy) is 1. The summed E-state index contributed by atoms with van der Waals surface area (Å²) >= 11 is 6.55. The normalized spacial score (nSPS) is 20.0. The lowest BCUT2D eigenvalue weighted by Gasteiger charge is -2.28. The SMILES string of the molecule is C=C(C)C(=O)OCC(CO)c1ccc(CCC2CCC(CCCCC)CC2)c(Cl)c1. The third-order valence-electron chi connectivity index (χ3n) is 6.54. The molecule has 0 aliphatic heterocycles. The van der Waals surface area contributed by atoms with E-state index in [9.17, 15) is 9.90 Å². The number of unbranched alkanes of at least 4 members (excludes halogenated alkanes) is 2. The molecular formula is C26H39ClO3. The zero-order valence-corrected chi connectivity index (χ0v) is 19.6. The van der Waals surface area contributed by atoms with Crippen LogP contribution in [0.25, 0.3) is 0 Å². The molecule has 1 fully saturated rings. The van der Waals surface area contributed by atoms with Crippen molar-refractivity contribution < 1.29 is 14.6 Å². The predicted molar refractivity (Wildman–Crippen MR) is 125 cm³/mol. The van der Waals surface area contributed by atoms with Crippen LogP contribution in [0.2, 0.25) is 5.02 Å². The highest BCUT2D eigenvalue weighted by Crippen LogP contribution is 2.35. The average molecular weight is 435 g/mol. The molecule has 3 nitrogen and oxygen atoms in total. The first kappa shape index (κ1) is 24.9. The zero-order valence-electron chi connectivity index (χ0n) is 18.8. The molecule has 30 heavy (non-hydrogen) atoms. The molecule has 0 amide bonds. The zero-order chi connectivity index (χ0) is 21.9. The Morgan fingerprint density at radius 1 is 1.20 bits per heavy atom. The van der Waals surface area contributed by atoms with Gasteiger partial charge in [-0.3, -0.25) is 0 Å². The molecule has 0 saturated heterocycles. The first-order valence-corrected chi connectivity index (χ1v) is 12.0. The molecule has 0 spiro atoms. The average Bonchev–Trinajstić information content (AvgIpc) is 2.74. The van der Waals surface area contributed by atoms with Crippen LogP contribution in [0.3, 0.4) is 0 Å². The van der Waals surface area contributed by atoms with Crippen molar-refractivity contribution in [3.05, 3.63) is 46.5 Å². The maximum absolute atomic E-state index is 11.6. The van der Waals surface area contributed by atoms with Gasteiger partial charge >= 0.3 is 5.97 Å². The molecule has 1 aromatic rings. The Morgan fingerprint density at radius 2 is 1.87 bits per heavy atom. The number of carbonyl (C=O) groups is 1. The Labute approximate surface area is 187 Å². The number of aliphatic hydroxyl groups excluding tert-OH is 1. The molecular weight excluding hydrogens is 396 g/mol. The maximum atomic E-state index is 11.6. The van der Waals surface area contributed by atoms with Crippen LogP contribution in [0.4, 0.5) is 0 Å². The molecule has 168 valence electrons. The molecule has 1 aromatic carbocycles. The van der Waals surface area contributed by atoms with Gasteiger partial charge in [-0.15, -0.1) is 0 Å². The lowest BCUT2D eigenvalue weighted by molar-refractivity contribution is -0.139. The summed E-state index contributed by atoms with van der Waals surface area (Å²) in [7, 11) is 0. The third-order valence-corrected chi connectivity index (χ3v) is 6.89. The lowest BCUT2D eigenvalue weighted by atomic mass is 9.77. The van der Waals surface area contributed by atoms with Gasteiger partial charge in [-0.05, 0) is 48.8 Å². The smallest absolute Gasteiger partial charge is 0.333 e. The molecule has 0 heterocycles. The molecule has 1 unspecified atom stereocenters. The minimum atomic E-state index is -0.434. The number of aliphatic hydroxyl groups is 1. The van der Waals surface area contributed by atoms with Gasteiger partial charge in [0.05, 0.1) is 6.61 Å². The lowest BCUT2D eigenvalue weighted by Crippen LogP contribution is -2.16. The van der Waals surface area contributed by atoms with Crippen LogP contribution >= 0.6 is 11.6 Å². The van der Waals surface area contributed by atoms with Crippen molar-refractivity contribution in [2.75, 3.05) is 13.2 Å². The van der Waals surface area contributed by atoms with Crippen LogP contribution in [0.15, 0.2) is 30.4 Å². The highest BCUT2D eigenvalue weighted by atomic mass is 35.5. The van der Waals surface area contributed by atoms with Gasteiger partial charge in [0.1, 0.15) is 6.61 Å². The van der Waals surface area contributed by atoms with Crippen LogP contribution in [0, 0.1) is 11.8 Å². The summed E-state index contributed by atoms with van der Waals surface area (Å²) in [5, 5.41) is 10.4. The number of hydrogen-bond donors (Lipinski definition) is 1. The summed E-state index contributed by atoms with van der Waals surface area (Å²) in [5.74, 6) is 1.05. The highest BCUT2D eigenvalue weighted by Gasteiger charge is 2.21. The largest absolute Gasteiger partial charge is 0.462 e. The van der Waals surface area contributed by atoms with E-state index >= 15 is 0 Å². The van der Waals surface area contributed by atoms with Gasteiger partial charge in [0.25, 0.3) is 0 Å². The second-order valence-electron chi connectivity index (χ2n) is 9.03. The Balaban J connectivity index is 1.81. The molecule has 1 N–H and O–H groups in total. The molecule has 2 rings (SSSR count). The van der Waals surface area contributed by atoms with Crippen LogP contribution in [-0.4, -0.2) is 24.3 Å². The molecule has 1 saturated carbocycles. The number of aryl methyl sites for hydroxylation is 1. The molecule has 1 aliphatic rings. The summed E-state index contributed by atoms with van der Waals surface area (Å²) < 4.78 is 5.21. The van der Waals surface area contributed by atoms with Crippen molar-refractivity contribution in [2.45, 2.75) is 84.0 Å². The van der Waals surface area contributed by atoms with E-state index in [0.717, 1.165) is 28.8 Å². The quantitative estimate of drug-likeness (QED) is 0.222. The number of carbonyl (C=O) groups excluding carboxylic acids is 1.